The Hall–Kier alpha value is -1.03. The van der Waals surface area contributed by atoms with Crippen molar-refractivity contribution in [3.8, 4) is 0 Å². The van der Waals surface area contributed by atoms with Crippen LogP contribution in [0, 0.1) is 5.92 Å². The quantitative estimate of drug-likeness (QED) is 0.833. The minimum absolute atomic E-state index is 0.0380. The highest BCUT2D eigenvalue weighted by atomic mass is 79.9. The Bertz CT molecular complexity index is 379. The van der Waals surface area contributed by atoms with Gasteiger partial charge in [-0.1, -0.05) is 20.3 Å². The third-order valence-corrected chi connectivity index (χ3v) is 3.23. The summed E-state index contributed by atoms with van der Waals surface area (Å²) in [6.07, 6.45) is 1.56. The fraction of sp³-hybridized carbons (Fsp3) is 0.417. The van der Waals surface area contributed by atoms with Crippen LogP contribution in [0.25, 0.3) is 0 Å². The Balaban J connectivity index is 2.59. The SMILES string of the molecule is CCC(C)CC(=O)Nc1ccc(Br)c(N)c1. The molecule has 0 aliphatic rings. The van der Waals surface area contributed by atoms with Crippen molar-refractivity contribution in [2.24, 2.45) is 5.92 Å². The molecule has 4 heteroatoms. The number of carbonyl (C=O) groups excluding carboxylic acids is 1. The molecule has 1 aromatic carbocycles. The monoisotopic (exact) mass is 284 g/mol. The number of nitrogen functional groups attached to an aromatic ring is 1. The second-order valence-corrected chi connectivity index (χ2v) is 4.86. The number of carbonyl (C=O) groups is 1. The summed E-state index contributed by atoms with van der Waals surface area (Å²) in [6, 6.07) is 5.40. The van der Waals surface area contributed by atoms with Crippen molar-refractivity contribution in [2.45, 2.75) is 26.7 Å². The van der Waals surface area contributed by atoms with E-state index in [1.807, 2.05) is 12.1 Å². The van der Waals surface area contributed by atoms with E-state index in [9.17, 15) is 4.79 Å². The first-order valence-electron chi connectivity index (χ1n) is 5.37. The zero-order chi connectivity index (χ0) is 12.1. The minimum atomic E-state index is 0.0380. The largest absolute Gasteiger partial charge is 0.398 e. The van der Waals surface area contributed by atoms with Crippen molar-refractivity contribution >= 4 is 33.2 Å². The van der Waals surface area contributed by atoms with Crippen molar-refractivity contribution in [3.63, 3.8) is 0 Å². The lowest BCUT2D eigenvalue weighted by Gasteiger charge is -2.10. The Morgan fingerprint density at radius 2 is 2.25 bits per heavy atom. The normalized spacial score (nSPS) is 12.2. The molecule has 0 aliphatic heterocycles. The van der Waals surface area contributed by atoms with Crippen molar-refractivity contribution in [3.05, 3.63) is 22.7 Å². The first-order chi connectivity index (χ1) is 7.52. The highest BCUT2D eigenvalue weighted by Gasteiger charge is 2.08. The predicted molar refractivity (Wildman–Crippen MR) is 71.3 cm³/mol. The maximum Gasteiger partial charge on any atom is 0.224 e. The standard InChI is InChI=1S/C12H17BrN2O/c1-3-8(2)6-12(16)15-9-4-5-10(13)11(14)7-9/h4-5,7-8H,3,6,14H2,1-2H3,(H,15,16). The molecule has 1 amide bonds. The summed E-state index contributed by atoms with van der Waals surface area (Å²) in [5.41, 5.74) is 7.10. The molecule has 0 radical (unpaired) electrons. The molecule has 88 valence electrons. The summed E-state index contributed by atoms with van der Waals surface area (Å²) in [4.78, 5) is 11.6. The molecule has 1 atom stereocenters. The number of amides is 1. The van der Waals surface area contributed by atoms with Crippen LogP contribution in [-0.2, 0) is 4.79 Å². The van der Waals surface area contributed by atoms with E-state index < -0.39 is 0 Å². The highest BCUT2D eigenvalue weighted by Crippen LogP contribution is 2.23. The molecule has 3 N–H and O–H groups in total. The Morgan fingerprint density at radius 1 is 1.56 bits per heavy atom. The van der Waals surface area contributed by atoms with Crippen LogP contribution in [0.4, 0.5) is 11.4 Å². The number of nitrogens with two attached hydrogens (primary N) is 1. The second-order valence-electron chi connectivity index (χ2n) is 4.00. The van der Waals surface area contributed by atoms with Gasteiger partial charge in [0.25, 0.3) is 0 Å². The van der Waals surface area contributed by atoms with Crippen LogP contribution < -0.4 is 11.1 Å². The Morgan fingerprint density at radius 3 is 2.81 bits per heavy atom. The molecule has 0 fully saturated rings. The van der Waals surface area contributed by atoms with Gasteiger partial charge in [0.1, 0.15) is 0 Å². The van der Waals surface area contributed by atoms with Crippen LogP contribution in [0.3, 0.4) is 0 Å². The van der Waals surface area contributed by atoms with Crippen molar-refractivity contribution < 1.29 is 4.79 Å². The van der Waals surface area contributed by atoms with E-state index in [-0.39, 0.29) is 5.91 Å². The van der Waals surface area contributed by atoms with E-state index >= 15 is 0 Å². The molecule has 0 bridgehead atoms. The number of nitrogens with one attached hydrogen (secondary N) is 1. The zero-order valence-electron chi connectivity index (χ0n) is 9.59. The second kappa shape index (κ2) is 5.89. The Kier molecular flexibility index (Phi) is 4.80. The summed E-state index contributed by atoms with van der Waals surface area (Å²) < 4.78 is 0.840. The molecule has 0 heterocycles. The number of hydrogen-bond donors (Lipinski definition) is 2. The molecule has 16 heavy (non-hydrogen) atoms. The predicted octanol–water partition coefficient (Wildman–Crippen LogP) is 3.41. The van der Waals surface area contributed by atoms with Crippen LogP contribution in [0.1, 0.15) is 26.7 Å². The zero-order valence-corrected chi connectivity index (χ0v) is 11.2. The van der Waals surface area contributed by atoms with Crippen LogP contribution in [0.2, 0.25) is 0 Å². The molecule has 0 saturated carbocycles. The topological polar surface area (TPSA) is 55.1 Å². The van der Waals surface area contributed by atoms with E-state index in [2.05, 4.69) is 35.1 Å². The molecular weight excluding hydrogens is 268 g/mol. The first-order valence-corrected chi connectivity index (χ1v) is 6.17. The van der Waals surface area contributed by atoms with Crippen molar-refractivity contribution in [1.29, 1.82) is 0 Å². The Labute approximate surface area is 105 Å². The summed E-state index contributed by atoms with van der Waals surface area (Å²) >= 11 is 3.31. The maximum atomic E-state index is 11.6. The third kappa shape index (κ3) is 3.85. The lowest BCUT2D eigenvalue weighted by atomic mass is 10.1. The lowest BCUT2D eigenvalue weighted by Crippen LogP contribution is -2.14. The molecule has 0 spiro atoms. The maximum absolute atomic E-state index is 11.6. The average molecular weight is 285 g/mol. The summed E-state index contributed by atoms with van der Waals surface area (Å²) in [5.74, 6) is 0.448. The van der Waals surface area contributed by atoms with Gasteiger partial charge in [-0.15, -0.1) is 0 Å². The van der Waals surface area contributed by atoms with Gasteiger partial charge in [-0.05, 0) is 40.0 Å². The number of benzene rings is 1. The van der Waals surface area contributed by atoms with Gasteiger partial charge < -0.3 is 11.1 Å². The van der Waals surface area contributed by atoms with E-state index in [1.165, 1.54) is 0 Å². The number of anilines is 2. The molecule has 1 aromatic rings. The minimum Gasteiger partial charge on any atom is -0.398 e. The van der Waals surface area contributed by atoms with Crippen LogP contribution in [0.5, 0.6) is 0 Å². The van der Waals surface area contributed by atoms with Crippen LogP contribution >= 0.6 is 15.9 Å². The van der Waals surface area contributed by atoms with Gasteiger partial charge in [0.15, 0.2) is 0 Å². The van der Waals surface area contributed by atoms with E-state index in [0.29, 0.717) is 18.0 Å². The van der Waals surface area contributed by atoms with Crippen LogP contribution in [-0.4, -0.2) is 5.91 Å². The molecule has 3 nitrogen and oxygen atoms in total. The number of halogens is 1. The summed E-state index contributed by atoms with van der Waals surface area (Å²) in [7, 11) is 0. The highest BCUT2D eigenvalue weighted by molar-refractivity contribution is 9.10. The molecule has 0 aromatic heterocycles. The van der Waals surface area contributed by atoms with Gasteiger partial charge in [0, 0.05) is 22.3 Å². The molecule has 0 saturated heterocycles. The fourth-order valence-corrected chi connectivity index (χ4v) is 1.54. The van der Waals surface area contributed by atoms with Gasteiger partial charge in [0.05, 0.1) is 0 Å². The first kappa shape index (κ1) is 13.0. The summed E-state index contributed by atoms with van der Waals surface area (Å²) in [6.45, 7) is 4.14. The van der Waals surface area contributed by atoms with Crippen LogP contribution in [0.15, 0.2) is 22.7 Å². The van der Waals surface area contributed by atoms with Gasteiger partial charge >= 0.3 is 0 Å². The molecule has 1 unspecified atom stereocenters. The third-order valence-electron chi connectivity index (χ3n) is 2.51. The molecule has 1 rings (SSSR count). The van der Waals surface area contributed by atoms with Gasteiger partial charge in [0.2, 0.25) is 5.91 Å². The van der Waals surface area contributed by atoms with E-state index in [1.54, 1.807) is 6.07 Å². The van der Waals surface area contributed by atoms with Crippen molar-refractivity contribution in [1.82, 2.24) is 0 Å². The number of hydrogen-bond acceptors (Lipinski definition) is 2. The van der Waals surface area contributed by atoms with Crippen molar-refractivity contribution in [2.75, 3.05) is 11.1 Å². The smallest absolute Gasteiger partial charge is 0.224 e. The van der Waals surface area contributed by atoms with Gasteiger partial charge in [-0.25, -0.2) is 0 Å². The molecule has 0 aliphatic carbocycles. The van der Waals surface area contributed by atoms with E-state index in [4.69, 9.17) is 5.73 Å². The van der Waals surface area contributed by atoms with Gasteiger partial charge in [-0.2, -0.15) is 0 Å². The number of rotatable bonds is 4. The van der Waals surface area contributed by atoms with Gasteiger partial charge in [-0.3, -0.25) is 4.79 Å². The average Bonchev–Trinajstić information content (AvgIpc) is 2.23. The lowest BCUT2D eigenvalue weighted by molar-refractivity contribution is -0.117. The summed E-state index contributed by atoms with van der Waals surface area (Å²) in [5, 5.41) is 2.84. The molecular formula is C12H17BrN2O. The fourth-order valence-electron chi connectivity index (χ4n) is 1.29. The van der Waals surface area contributed by atoms with E-state index in [0.717, 1.165) is 16.6 Å².